The molecule has 57 heavy (non-hydrogen) atoms. The fourth-order valence-corrected chi connectivity index (χ4v) is 12.3. The molecule has 0 radical (unpaired) electrons. The Bertz CT molecular complexity index is 3140. The van der Waals surface area contributed by atoms with E-state index in [1.807, 2.05) is 36.4 Å². The maximum atomic E-state index is 5.20. The maximum absolute atomic E-state index is 5.20. The van der Waals surface area contributed by atoms with Crippen molar-refractivity contribution in [1.29, 1.82) is 0 Å². The molecule has 12 rings (SSSR count). The van der Waals surface area contributed by atoms with Crippen LogP contribution in [0.3, 0.4) is 0 Å². The van der Waals surface area contributed by atoms with Crippen LogP contribution in [0.4, 0.5) is 0 Å². The van der Waals surface area contributed by atoms with Gasteiger partial charge in [-0.2, -0.15) is 0 Å². The molecule has 266 valence electrons. The van der Waals surface area contributed by atoms with Crippen LogP contribution in [-0.2, 0) is 5.41 Å². The zero-order valence-electron chi connectivity index (χ0n) is 30.8. The van der Waals surface area contributed by atoms with Gasteiger partial charge in [-0.3, -0.25) is 0 Å². The van der Waals surface area contributed by atoms with E-state index in [9.17, 15) is 0 Å². The summed E-state index contributed by atoms with van der Waals surface area (Å²) in [6.45, 7) is 0. The van der Waals surface area contributed by atoms with E-state index < -0.39 is 13.3 Å². The van der Waals surface area contributed by atoms with Gasteiger partial charge in [0, 0.05) is 27.5 Å². The van der Waals surface area contributed by atoms with Crippen LogP contribution >= 0.6 is 7.92 Å². The fourth-order valence-electron chi connectivity index (χ4n) is 9.51. The number of hydrogen-bond acceptors (Lipinski definition) is 3. The van der Waals surface area contributed by atoms with Gasteiger partial charge in [-0.05, 0) is 64.3 Å². The molecular weight excluding hydrogens is 712 g/mol. The van der Waals surface area contributed by atoms with E-state index in [4.69, 9.17) is 15.0 Å². The molecule has 10 aromatic rings. The third kappa shape index (κ3) is 4.62. The molecule has 4 nitrogen and oxygen atoms in total. The van der Waals surface area contributed by atoms with Crippen LogP contribution in [0.1, 0.15) is 22.3 Å². The van der Waals surface area contributed by atoms with Crippen LogP contribution in [0.25, 0.3) is 61.7 Å². The van der Waals surface area contributed by atoms with E-state index in [0.717, 1.165) is 16.7 Å². The van der Waals surface area contributed by atoms with Crippen LogP contribution < -0.4 is 15.9 Å². The van der Waals surface area contributed by atoms with Crippen LogP contribution in [0.15, 0.2) is 200 Å². The van der Waals surface area contributed by atoms with Crippen molar-refractivity contribution >= 4 is 45.6 Å². The molecule has 0 bridgehead atoms. The van der Waals surface area contributed by atoms with Gasteiger partial charge in [0.1, 0.15) is 0 Å². The van der Waals surface area contributed by atoms with Gasteiger partial charge in [0.15, 0.2) is 17.5 Å². The number of nitrogens with zero attached hydrogens (tertiary/aromatic N) is 4. The van der Waals surface area contributed by atoms with Crippen molar-refractivity contribution in [3.8, 4) is 39.9 Å². The van der Waals surface area contributed by atoms with Crippen molar-refractivity contribution in [2.75, 3.05) is 0 Å². The van der Waals surface area contributed by atoms with Crippen LogP contribution in [0.5, 0.6) is 0 Å². The summed E-state index contributed by atoms with van der Waals surface area (Å²) in [4.78, 5) is 15.4. The van der Waals surface area contributed by atoms with Gasteiger partial charge in [0.05, 0.1) is 22.1 Å². The Morgan fingerprint density at radius 1 is 0.386 bits per heavy atom. The Labute approximate surface area is 331 Å². The summed E-state index contributed by atoms with van der Waals surface area (Å²) in [7, 11) is -0.972. The van der Waals surface area contributed by atoms with Gasteiger partial charge in [-0.1, -0.05) is 182 Å². The highest BCUT2D eigenvalue weighted by Gasteiger charge is 2.51. The van der Waals surface area contributed by atoms with Gasteiger partial charge in [0.2, 0.25) is 0 Å². The molecular formula is C52H33N4P. The van der Waals surface area contributed by atoms with Crippen molar-refractivity contribution < 1.29 is 0 Å². The topological polar surface area (TPSA) is 43.6 Å². The second kappa shape index (κ2) is 12.5. The summed E-state index contributed by atoms with van der Waals surface area (Å²) in [5.74, 6) is 1.97. The summed E-state index contributed by atoms with van der Waals surface area (Å²) >= 11 is 0. The monoisotopic (exact) mass is 744 g/mol. The number of aromatic nitrogens is 4. The number of rotatable bonds is 4. The lowest BCUT2D eigenvalue weighted by molar-refractivity contribution is 0.734. The van der Waals surface area contributed by atoms with Crippen molar-refractivity contribution in [2.24, 2.45) is 0 Å². The predicted octanol–water partition coefficient (Wildman–Crippen LogP) is 10.7. The zero-order valence-corrected chi connectivity index (χ0v) is 31.7. The first-order valence-corrected chi connectivity index (χ1v) is 20.7. The number of para-hydroxylation sites is 3. The van der Waals surface area contributed by atoms with Crippen LogP contribution in [0, 0.1) is 0 Å². The normalized spacial score (nSPS) is 16.3. The molecule has 1 unspecified atom stereocenters. The van der Waals surface area contributed by atoms with Crippen molar-refractivity contribution in [3.05, 3.63) is 222 Å². The Hall–Kier alpha value is -7.00. The van der Waals surface area contributed by atoms with E-state index in [-0.39, 0.29) is 0 Å². The summed E-state index contributed by atoms with van der Waals surface area (Å²) in [6, 6.07) is 72.6. The largest absolute Gasteiger partial charge is 0.309 e. The molecule has 0 saturated carbocycles. The van der Waals surface area contributed by atoms with Crippen molar-refractivity contribution in [3.63, 3.8) is 0 Å². The molecule has 8 aromatic carbocycles. The summed E-state index contributed by atoms with van der Waals surface area (Å²) in [6.07, 6.45) is 0. The minimum atomic E-state index is -0.972. The summed E-state index contributed by atoms with van der Waals surface area (Å²) in [5, 5.41) is 6.54. The molecule has 0 amide bonds. The van der Waals surface area contributed by atoms with Crippen LogP contribution in [0.2, 0.25) is 0 Å². The standard InChI is InChI=1S/C52H33N4P/c1-4-17-34(18-5-1)49-53-50(35-19-6-2-7-20-35)55-51(54-49)36-31-32-42-47(33-36)57(37-21-8-3-9-22-37)46-30-15-12-26-41(46)52(42)40-25-11-14-29-45(40)56-44-28-13-10-23-38(44)39-24-16-27-43(52)48(39)56/h1-33H/t52?,57-/m1/s1. The lowest BCUT2D eigenvalue weighted by Crippen LogP contribution is -2.47. The molecule has 2 aliphatic rings. The van der Waals surface area contributed by atoms with Gasteiger partial charge in [-0.15, -0.1) is 0 Å². The van der Waals surface area contributed by atoms with E-state index >= 15 is 0 Å². The van der Waals surface area contributed by atoms with E-state index in [1.54, 1.807) is 0 Å². The minimum absolute atomic E-state index is 0.581. The molecule has 1 spiro atoms. The number of fused-ring (bicyclic) bond motifs is 11. The molecule has 5 heteroatoms. The van der Waals surface area contributed by atoms with E-state index in [2.05, 4.69) is 168 Å². The van der Waals surface area contributed by atoms with E-state index in [0.29, 0.717) is 17.5 Å². The first-order chi connectivity index (χ1) is 28.3. The first kappa shape index (κ1) is 32.3. The lowest BCUT2D eigenvalue weighted by atomic mass is 9.62. The predicted molar refractivity (Wildman–Crippen MR) is 235 cm³/mol. The maximum Gasteiger partial charge on any atom is 0.164 e. The van der Waals surface area contributed by atoms with Crippen molar-refractivity contribution in [1.82, 2.24) is 19.5 Å². The third-order valence-corrected chi connectivity index (χ3v) is 14.3. The highest BCUT2D eigenvalue weighted by Crippen LogP contribution is 2.58. The molecule has 0 saturated heterocycles. The molecule has 4 heterocycles. The highest BCUT2D eigenvalue weighted by atomic mass is 31.1. The highest BCUT2D eigenvalue weighted by molar-refractivity contribution is 7.80. The van der Waals surface area contributed by atoms with Gasteiger partial charge in [-0.25, -0.2) is 15.0 Å². The van der Waals surface area contributed by atoms with Crippen LogP contribution in [-0.4, -0.2) is 19.5 Å². The average molecular weight is 745 g/mol. The van der Waals surface area contributed by atoms with Gasteiger partial charge < -0.3 is 4.57 Å². The Morgan fingerprint density at radius 3 is 1.67 bits per heavy atom. The lowest BCUT2D eigenvalue weighted by Gasteiger charge is -2.47. The average Bonchev–Trinajstić information content (AvgIpc) is 3.63. The first-order valence-electron chi connectivity index (χ1n) is 19.4. The van der Waals surface area contributed by atoms with Gasteiger partial charge in [0.25, 0.3) is 0 Å². The van der Waals surface area contributed by atoms with Crippen molar-refractivity contribution in [2.45, 2.75) is 5.41 Å². The minimum Gasteiger partial charge on any atom is -0.309 e. The molecule has 0 fully saturated rings. The quantitative estimate of drug-likeness (QED) is 0.169. The Kier molecular flexibility index (Phi) is 7.08. The zero-order chi connectivity index (χ0) is 37.5. The summed E-state index contributed by atoms with van der Waals surface area (Å²) in [5.41, 5.74) is 11.3. The summed E-state index contributed by atoms with van der Waals surface area (Å²) < 4.78 is 2.51. The Balaban J connectivity index is 1.20. The second-order valence-electron chi connectivity index (χ2n) is 14.8. The molecule has 2 aromatic heterocycles. The fraction of sp³-hybridized carbons (Fsp3) is 0.0192. The van der Waals surface area contributed by atoms with Gasteiger partial charge >= 0.3 is 0 Å². The Morgan fingerprint density at radius 2 is 0.930 bits per heavy atom. The molecule has 2 atom stereocenters. The number of benzene rings is 8. The second-order valence-corrected chi connectivity index (χ2v) is 16.9. The third-order valence-electron chi connectivity index (χ3n) is 11.8. The SMILES string of the molecule is c1ccc(-c2nc(-c3ccccc3)nc(-c3ccc4c(c3)[P@](c3ccccc3)c3ccccc3C43c4ccccc4-n4c5ccccc5c5cccc3c54)n2)cc1. The molecule has 2 aliphatic heterocycles. The molecule has 0 N–H and O–H groups in total. The molecule has 0 aliphatic carbocycles. The van der Waals surface area contributed by atoms with E-state index in [1.165, 1.54) is 65.7 Å². The number of hydrogen-bond donors (Lipinski definition) is 0. The smallest absolute Gasteiger partial charge is 0.164 e.